The smallest absolute Gasteiger partial charge is 0.148 e. The predicted octanol–water partition coefficient (Wildman–Crippen LogP) is 2.78. The molecule has 86 valence electrons. The van der Waals surface area contributed by atoms with Crippen LogP contribution in [0.5, 0.6) is 11.5 Å². The summed E-state index contributed by atoms with van der Waals surface area (Å²) in [5.41, 5.74) is 0.937. The Morgan fingerprint density at radius 2 is 2.00 bits per heavy atom. The Morgan fingerprint density at radius 1 is 1.24 bits per heavy atom. The fraction of sp³-hybridized carbons (Fsp3) is 0.167. The van der Waals surface area contributed by atoms with Gasteiger partial charge in [-0.15, -0.1) is 0 Å². The summed E-state index contributed by atoms with van der Waals surface area (Å²) < 4.78 is 10.4. The number of hydrogen-bond acceptors (Lipinski definition) is 4. The van der Waals surface area contributed by atoms with Gasteiger partial charge in [0.05, 0.1) is 19.8 Å². The highest BCUT2D eigenvalue weighted by atomic mass is 35.5. The van der Waals surface area contributed by atoms with Crippen molar-refractivity contribution in [2.75, 3.05) is 14.2 Å². The summed E-state index contributed by atoms with van der Waals surface area (Å²) in [6.45, 7) is 0. The molecule has 0 fully saturated rings. The minimum atomic E-state index is 0.170. The van der Waals surface area contributed by atoms with Crippen LogP contribution in [0.3, 0.4) is 0 Å². The molecule has 1 heterocycles. The van der Waals surface area contributed by atoms with Gasteiger partial charge in [-0.25, -0.2) is 4.98 Å². The lowest BCUT2D eigenvalue weighted by molar-refractivity contribution is 0.397. The highest BCUT2D eigenvalue weighted by molar-refractivity contribution is 6.31. The average Bonchev–Trinajstić information content (AvgIpc) is 2.36. The third kappa shape index (κ3) is 1.97. The Bertz CT molecular complexity index is 620. The lowest BCUT2D eigenvalue weighted by Crippen LogP contribution is -1.92. The molecule has 1 aromatic heterocycles. The first kappa shape index (κ1) is 11.5. The molecule has 0 saturated carbocycles. The van der Waals surface area contributed by atoms with Crippen LogP contribution < -0.4 is 9.47 Å². The molecule has 4 nitrogen and oxygen atoms in total. The molecule has 0 N–H and O–H groups in total. The van der Waals surface area contributed by atoms with E-state index in [9.17, 15) is 0 Å². The maximum atomic E-state index is 8.89. The second kappa shape index (κ2) is 4.48. The van der Waals surface area contributed by atoms with Crippen molar-refractivity contribution >= 4 is 22.5 Å². The topological polar surface area (TPSA) is 55.1 Å². The van der Waals surface area contributed by atoms with Gasteiger partial charge in [0.15, 0.2) is 0 Å². The van der Waals surface area contributed by atoms with Crippen molar-refractivity contribution in [3.63, 3.8) is 0 Å². The van der Waals surface area contributed by atoms with Gasteiger partial charge >= 0.3 is 0 Å². The Labute approximate surface area is 103 Å². The lowest BCUT2D eigenvalue weighted by Gasteiger charge is -2.08. The predicted molar refractivity (Wildman–Crippen MR) is 64.6 cm³/mol. The van der Waals surface area contributed by atoms with Crippen molar-refractivity contribution < 1.29 is 9.47 Å². The first-order chi connectivity index (χ1) is 8.19. The Morgan fingerprint density at radius 3 is 2.59 bits per heavy atom. The first-order valence-electron chi connectivity index (χ1n) is 4.82. The number of benzene rings is 1. The third-order valence-electron chi connectivity index (χ3n) is 2.39. The number of aromatic nitrogens is 1. The van der Waals surface area contributed by atoms with Crippen molar-refractivity contribution in [3.05, 3.63) is 28.9 Å². The molecule has 0 amide bonds. The molecule has 0 aliphatic carbocycles. The van der Waals surface area contributed by atoms with E-state index in [1.54, 1.807) is 32.4 Å². The summed E-state index contributed by atoms with van der Waals surface area (Å²) in [7, 11) is 3.11. The van der Waals surface area contributed by atoms with Crippen LogP contribution in [0.25, 0.3) is 10.9 Å². The van der Waals surface area contributed by atoms with Crippen LogP contribution in [0.4, 0.5) is 0 Å². The van der Waals surface area contributed by atoms with Crippen LogP contribution in [0, 0.1) is 11.3 Å². The van der Waals surface area contributed by atoms with Crippen molar-refractivity contribution in [2.45, 2.75) is 0 Å². The number of ether oxygens (including phenoxy) is 2. The Hall–Kier alpha value is -1.99. The van der Waals surface area contributed by atoms with E-state index in [4.69, 9.17) is 26.3 Å². The van der Waals surface area contributed by atoms with E-state index in [1.807, 2.05) is 6.07 Å². The largest absolute Gasteiger partial charge is 0.497 e. The molecule has 0 radical (unpaired) electrons. The zero-order valence-electron chi connectivity index (χ0n) is 9.32. The highest BCUT2D eigenvalue weighted by Crippen LogP contribution is 2.31. The number of pyridine rings is 1. The van der Waals surface area contributed by atoms with Crippen molar-refractivity contribution in [3.8, 4) is 17.6 Å². The molecule has 0 atom stereocenters. The van der Waals surface area contributed by atoms with Crippen LogP contribution in [0.2, 0.25) is 5.15 Å². The van der Waals surface area contributed by atoms with Gasteiger partial charge in [0.25, 0.3) is 0 Å². The van der Waals surface area contributed by atoms with Gasteiger partial charge in [0.1, 0.15) is 28.2 Å². The summed E-state index contributed by atoms with van der Waals surface area (Å²) in [6.07, 6.45) is 0. The van der Waals surface area contributed by atoms with Crippen LogP contribution in [0.1, 0.15) is 5.56 Å². The molecule has 0 unspecified atom stereocenters. The molecule has 0 aliphatic heterocycles. The number of halogens is 1. The molecule has 0 bridgehead atoms. The summed E-state index contributed by atoms with van der Waals surface area (Å²) in [4.78, 5) is 4.16. The van der Waals surface area contributed by atoms with Crippen LogP contribution >= 0.6 is 11.6 Å². The maximum Gasteiger partial charge on any atom is 0.148 e. The molecule has 0 spiro atoms. The third-order valence-corrected chi connectivity index (χ3v) is 2.67. The minimum Gasteiger partial charge on any atom is -0.497 e. The Balaban J connectivity index is 2.81. The molecular formula is C12H9ClN2O2. The minimum absolute atomic E-state index is 0.170. The van der Waals surface area contributed by atoms with E-state index >= 15 is 0 Å². The second-order valence-electron chi connectivity index (χ2n) is 3.34. The number of fused-ring (bicyclic) bond motifs is 1. The second-order valence-corrected chi connectivity index (χ2v) is 3.70. The maximum absolute atomic E-state index is 8.89. The van der Waals surface area contributed by atoms with E-state index in [-0.39, 0.29) is 5.15 Å². The molecule has 0 saturated heterocycles. The van der Waals surface area contributed by atoms with E-state index in [1.165, 1.54) is 0 Å². The standard InChI is InChI=1S/C12H9ClN2O2/c1-16-9-4-7-3-8(6-14)12(13)15-11(7)10(5-9)17-2/h3-5H,1-2H3. The van der Waals surface area contributed by atoms with Crippen LogP contribution in [-0.2, 0) is 0 Å². The van der Waals surface area contributed by atoms with Gasteiger partial charge < -0.3 is 9.47 Å². The molecule has 0 aliphatic rings. The highest BCUT2D eigenvalue weighted by Gasteiger charge is 2.10. The number of rotatable bonds is 2. The van der Waals surface area contributed by atoms with Gasteiger partial charge in [-0.2, -0.15) is 5.26 Å². The summed E-state index contributed by atoms with van der Waals surface area (Å²) in [5, 5.41) is 9.82. The fourth-order valence-electron chi connectivity index (χ4n) is 1.56. The van der Waals surface area contributed by atoms with E-state index in [0.29, 0.717) is 22.6 Å². The summed E-state index contributed by atoms with van der Waals surface area (Å²) in [6, 6.07) is 7.15. The molecular weight excluding hydrogens is 240 g/mol. The van der Waals surface area contributed by atoms with Gasteiger partial charge in [-0.1, -0.05) is 11.6 Å². The van der Waals surface area contributed by atoms with Crippen molar-refractivity contribution in [2.24, 2.45) is 0 Å². The van der Waals surface area contributed by atoms with Gasteiger partial charge in [0.2, 0.25) is 0 Å². The molecule has 1 aromatic carbocycles. The van der Waals surface area contributed by atoms with E-state index < -0.39 is 0 Å². The summed E-state index contributed by atoms with van der Waals surface area (Å²) in [5.74, 6) is 1.20. The van der Waals surface area contributed by atoms with Crippen molar-refractivity contribution in [1.29, 1.82) is 5.26 Å². The van der Waals surface area contributed by atoms with Crippen molar-refractivity contribution in [1.82, 2.24) is 4.98 Å². The lowest BCUT2D eigenvalue weighted by atomic mass is 10.1. The van der Waals surface area contributed by atoms with E-state index in [0.717, 1.165) is 5.39 Å². The Kier molecular flexibility index (Phi) is 3.03. The zero-order valence-corrected chi connectivity index (χ0v) is 10.1. The summed E-state index contributed by atoms with van der Waals surface area (Å²) >= 11 is 5.89. The number of nitriles is 1. The van der Waals surface area contributed by atoms with Gasteiger partial charge in [0, 0.05) is 11.5 Å². The quantitative estimate of drug-likeness (QED) is 0.767. The number of nitrogens with zero attached hydrogens (tertiary/aromatic N) is 2. The molecule has 5 heteroatoms. The normalized spacial score (nSPS) is 10.0. The van der Waals surface area contributed by atoms with Crippen LogP contribution in [-0.4, -0.2) is 19.2 Å². The van der Waals surface area contributed by atoms with Gasteiger partial charge in [-0.3, -0.25) is 0 Å². The first-order valence-corrected chi connectivity index (χ1v) is 5.19. The number of methoxy groups -OCH3 is 2. The van der Waals surface area contributed by atoms with Gasteiger partial charge in [-0.05, 0) is 12.1 Å². The molecule has 2 rings (SSSR count). The SMILES string of the molecule is COc1cc(OC)c2nc(Cl)c(C#N)cc2c1. The fourth-order valence-corrected chi connectivity index (χ4v) is 1.74. The van der Waals surface area contributed by atoms with E-state index in [2.05, 4.69) is 4.98 Å². The molecule has 17 heavy (non-hydrogen) atoms. The number of hydrogen-bond donors (Lipinski definition) is 0. The monoisotopic (exact) mass is 248 g/mol. The van der Waals surface area contributed by atoms with Crippen LogP contribution in [0.15, 0.2) is 18.2 Å². The molecule has 2 aromatic rings. The zero-order chi connectivity index (χ0) is 12.4. The average molecular weight is 249 g/mol.